The number of rotatable bonds is 5. The fraction of sp³-hybridized carbons (Fsp3) is 0.524. The van der Waals surface area contributed by atoms with E-state index in [0.717, 1.165) is 34.3 Å². The molecule has 0 unspecified atom stereocenters. The predicted octanol–water partition coefficient (Wildman–Crippen LogP) is 5.27. The van der Waals surface area contributed by atoms with Gasteiger partial charge < -0.3 is 18.9 Å². The van der Waals surface area contributed by atoms with Crippen molar-refractivity contribution < 1.29 is 18.8 Å². The molecule has 0 aliphatic carbocycles. The van der Waals surface area contributed by atoms with Crippen LogP contribution in [0.15, 0.2) is 39.3 Å². The Labute approximate surface area is 174 Å². The number of benzene rings is 1. The maximum Gasteiger partial charge on any atom is 0.410 e. The Morgan fingerprint density at radius 2 is 1.93 bits per heavy atom. The second kappa shape index (κ2) is 9.09. The molecule has 7 heteroatoms. The van der Waals surface area contributed by atoms with Gasteiger partial charge in [0.05, 0.1) is 13.2 Å². The van der Waals surface area contributed by atoms with E-state index < -0.39 is 5.60 Å². The summed E-state index contributed by atoms with van der Waals surface area (Å²) in [5.74, 6) is 1.17. The van der Waals surface area contributed by atoms with Crippen molar-refractivity contribution in [3.8, 4) is 11.3 Å². The van der Waals surface area contributed by atoms with E-state index in [9.17, 15) is 4.79 Å². The normalized spacial score (nSPS) is 15.6. The van der Waals surface area contributed by atoms with Crippen molar-refractivity contribution in [3.05, 3.63) is 40.5 Å². The summed E-state index contributed by atoms with van der Waals surface area (Å²) in [6.07, 6.45) is 1.61. The number of nitrogens with zero attached hydrogens (tertiary/aromatic N) is 2. The van der Waals surface area contributed by atoms with Gasteiger partial charge in [-0.15, -0.1) is 0 Å². The Bertz CT molecular complexity index is 774. The van der Waals surface area contributed by atoms with E-state index in [4.69, 9.17) is 14.0 Å². The molecule has 28 heavy (non-hydrogen) atoms. The molecule has 1 saturated heterocycles. The SMILES string of the molecule is CC(C)(C)OC(=O)N1CCC(COCc2cc(-c3ccc(Br)cc3)on2)CC1. The Hall–Kier alpha value is -1.86. The summed E-state index contributed by atoms with van der Waals surface area (Å²) in [4.78, 5) is 13.9. The number of likely N-dealkylation sites (tertiary alicyclic amines) is 1. The van der Waals surface area contributed by atoms with Crippen LogP contribution in [-0.4, -0.2) is 41.4 Å². The van der Waals surface area contributed by atoms with Crippen molar-refractivity contribution in [1.82, 2.24) is 10.1 Å². The number of carbonyl (C=O) groups is 1. The first-order valence-corrected chi connectivity index (χ1v) is 10.4. The van der Waals surface area contributed by atoms with Gasteiger partial charge in [-0.1, -0.05) is 33.2 Å². The summed E-state index contributed by atoms with van der Waals surface area (Å²) in [6, 6.07) is 9.81. The third-order valence-corrected chi connectivity index (χ3v) is 5.09. The number of piperidine rings is 1. The van der Waals surface area contributed by atoms with Gasteiger partial charge >= 0.3 is 6.09 Å². The van der Waals surface area contributed by atoms with Gasteiger partial charge in [-0.25, -0.2) is 4.79 Å². The van der Waals surface area contributed by atoms with Crippen molar-refractivity contribution in [1.29, 1.82) is 0 Å². The lowest BCUT2D eigenvalue weighted by Crippen LogP contribution is -2.42. The second-order valence-corrected chi connectivity index (χ2v) is 9.03. The smallest absolute Gasteiger partial charge is 0.410 e. The molecule has 0 N–H and O–H groups in total. The quantitative estimate of drug-likeness (QED) is 0.620. The van der Waals surface area contributed by atoms with Gasteiger partial charge in [0, 0.05) is 29.2 Å². The van der Waals surface area contributed by atoms with E-state index in [2.05, 4.69) is 21.1 Å². The van der Waals surface area contributed by atoms with E-state index in [1.807, 2.05) is 51.1 Å². The van der Waals surface area contributed by atoms with Crippen LogP contribution in [-0.2, 0) is 16.1 Å². The molecule has 2 aromatic rings. The molecule has 6 nitrogen and oxygen atoms in total. The van der Waals surface area contributed by atoms with Gasteiger partial charge in [0.1, 0.15) is 11.3 Å². The van der Waals surface area contributed by atoms with Gasteiger partial charge in [-0.2, -0.15) is 0 Å². The van der Waals surface area contributed by atoms with E-state index in [1.54, 1.807) is 4.90 Å². The molecule has 0 bridgehead atoms. The zero-order valence-corrected chi connectivity index (χ0v) is 18.2. The molecule has 0 radical (unpaired) electrons. The topological polar surface area (TPSA) is 64.8 Å². The number of carbonyl (C=O) groups excluding carboxylic acids is 1. The molecule has 1 aromatic heterocycles. The highest BCUT2D eigenvalue weighted by Crippen LogP contribution is 2.24. The lowest BCUT2D eigenvalue weighted by Gasteiger charge is -2.33. The van der Waals surface area contributed by atoms with E-state index in [-0.39, 0.29) is 6.09 Å². The van der Waals surface area contributed by atoms with Gasteiger partial charge in [0.25, 0.3) is 0 Å². The van der Waals surface area contributed by atoms with Crippen molar-refractivity contribution in [2.45, 2.75) is 45.8 Å². The molecule has 2 heterocycles. The van der Waals surface area contributed by atoms with Crippen LogP contribution in [0.3, 0.4) is 0 Å². The maximum absolute atomic E-state index is 12.1. The van der Waals surface area contributed by atoms with Gasteiger partial charge in [0.15, 0.2) is 5.76 Å². The van der Waals surface area contributed by atoms with Gasteiger partial charge in [0.2, 0.25) is 0 Å². The Kier molecular flexibility index (Phi) is 6.78. The van der Waals surface area contributed by atoms with E-state index in [0.29, 0.717) is 32.2 Å². The first-order chi connectivity index (χ1) is 13.3. The fourth-order valence-corrected chi connectivity index (χ4v) is 3.33. The minimum Gasteiger partial charge on any atom is -0.444 e. The monoisotopic (exact) mass is 450 g/mol. The predicted molar refractivity (Wildman–Crippen MR) is 110 cm³/mol. The zero-order chi connectivity index (χ0) is 20.1. The molecule has 1 fully saturated rings. The molecule has 1 aliphatic heterocycles. The van der Waals surface area contributed by atoms with E-state index >= 15 is 0 Å². The van der Waals surface area contributed by atoms with Crippen molar-refractivity contribution >= 4 is 22.0 Å². The van der Waals surface area contributed by atoms with Crippen molar-refractivity contribution in [2.75, 3.05) is 19.7 Å². The molecule has 1 amide bonds. The van der Waals surface area contributed by atoms with Crippen LogP contribution in [0.1, 0.15) is 39.3 Å². The van der Waals surface area contributed by atoms with Crippen LogP contribution >= 0.6 is 15.9 Å². The lowest BCUT2D eigenvalue weighted by atomic mass is 9.98. The molecule has 0 saturated carbocycles. The third kappa shape index (κ3) is 6.07. The van der Waals surface area contributed by atoms with Crippen LogP contribution in [0.4, 0.5) is 4.79 Å². The Balaban J connectivity index is 1.39. The molecule has 152 valence electrons. The molecular formula is C21H27BrN2O4. The average molecular weight is 451 g/mol. The van der Waals surface area contributed by atoms with Crippen molar-refractivity contribution in [3.63, 3.8) is 0 Å². The number of amides is 1. The number of hydrogen-bond acceptors (Lipinski definition) is 5. The molecule has 0 spiro atoms. The number of halogens is 1. The van der Waals surface area contributed by atoms with Crippen molar-refractivity contribution in [2.24, 2.45) is 5.92 Å². The standard InChI is InChI=1S/C21H27BrN2O4/c1-21(2,3)27-20(25)24-10-8-15(9-11-24)13-26-14-18-12-19(28-23-18)16-4-6-17(22)7-5-16/h4-7,12,15H,8-11,13-14H2,1-3H3. The number of hydrogen-bond donors (Lipinski definition) is 0. The highest BCUT2D eigenvalue weighted by molar-refractivity contribution is 9.10. The zero-order valence-electron chi connectivity index (χ0n) is 16.6. The van der Waals surface area contributed by atoms with Crippen LogP contribution < -0.4 is 0 Å². The molecule has 1 aliphatic rings. The van der Waals surface area contributed by atoms with Crippen LogP contribution in [0, 0.1) is 5.92 Å². The first kappa shape index (κ1) is 20.9. The van der Waals surface area contributed by atoms with Crippen LogP contribution in [0.5, 0.6) is 0 Å². The third-order valence-electron chi connectivity index (χ3n) is 4.56. The van der Waals surface area contributed by atoms with Gasteiger partial charge in [-0.05, 0) is 51.7 Å². The molecule has 0 atom stereocenters. The van der Waals surface area contributed by atoms with Crippen LogP contribution in [0.25, 0.3) is 11.3 Å². The summed E-state index contributed by atoms with van der Waals surface area (Å²) in [7, 11) is 0. The largest absolute Gasteiger partial charge is 0.444 e. The summed E-state index contributed by atoms with van der Waals surface area (Å²) in [6.45, 7) is 8.16. The lowest BCUT2D eigenvalue weighted by molar-refractivity contribution is 0.0102. The number of ether oxygens (including phenoxy) is 2. The summed E-state index contributed by atoms with van der Waals surface area (Å²) in [5.41, 5.74) is 1.31. The minimum absolute atomic E-state index is 0.227. The highest BCUT2D eigenvalue weighted by Gasteiger charge is 2.26. The second-order valence-electron chi connectivity index (χ2n) is 8.12. The fourth-order valence-electron chi connectivity index (χ4n) is 3.07. The molecular weight excluding hydrogens is 424 g/mol. The summed E-state index contributed by atoms with van der Waals surface area (Å²) in [5, 5.41) is 4.09. The highest BCUT2D eigenvalue weighted by atomic mass is 79.9. The van der Waals surface area contributed by atoms with Crippen LogP contribution in [0.2, 0.25) is 0 Å². The maximum atomic E-state index is 12.1. The Morgan fingerprint density at radius 3 is 2.57 bits per heavy atom. The van der Waals surface area contributed by atoms with Gasteiger partial charge in [-0.3, -0.25) is 0 Å². The first-order valence-electron chi connectivity index (χ1n) is 9.57. The average Bonchev–Trinajstić information content (AvgIpc) is 3.10. The number of aromatic nitrogens is 1. The summed E-state index contributed by atoms with van der Waals surface area (Å²) < 4.78 is 17.7. The Morgan fingerprint density at radius 1 is 1.25 bits per heavy atom. The molecule has 1 aromatic carbocycles. The van der Waals surface area contributed by atoms with E-state index in [1.165, 1.54) is 0 Å². The molecule has 3 rings (SSSR count). The summed E-state index contributed by atoms with van der Waals surface area (Å²) >= 11 is 3.42. The minimum atomic E-state index is -0.455.